The third kappa shape index (κ3) is 4.51. The Bertz CT molecular complexity index is 252. The Morgan fingerprint density at radius 1 is 1.11 bits per heavy atom. The van der Waals surface area contributed by atoms with E-state index in [0.717, 1.165) is 12.8 Å². The van der Waals surface area contributed by atoms with Crippen LogP contribution in [-0.4, -0.2) is 17.0 Å². The van der Waals surface area contributed by atoms with E-state index >= 15 is 0 Å². The lowest BCUT2D eigenvalue weighted by molar-refractivity contribution is 0.0999. The van der Waals surface area contributed by atoms with E-state index < -0.39 is 0 Å². The predicted molar refractivity (Wildman–Crippen MR) is 83.7 cm³/mol. The van der Waals surface area contributed by atoms with E-state index in [-0.39, 0.29) is 0 Å². The first-order valence-corrected chi connectivity index (χ1v) is 7.54. The van der Waals surface area contributed by atoms with Crippen LogP contribution in [0.4, 0.5) is 0 Å². The van der Waals surface area contributed by atoms with Gasteiger partial charge in [0.2, 0.25) is 0 Å². The van der Waals surface area contributed by atoms with Crippen LogP contribution in [0.15, 0.2) is 24.9 Å². The van der Waals surface area contributed by atoms with Gasteiger partial charge in [-0.2, -0.15) is 0 Å². The summed E-state index contributed by atoms with van der Waals surface area (Å²) in [6.07, 6.45) is 11.3. The highest BCUT2D eigenvalue weighted by Crippen LogP contribution is 2.33. The number of nitrogens with zero attached hydrogens (tertiary/aromatic N) is 1. The summed E-state index contributed by atoms with van der Waals surface area (Å²) in [7, 11) is 0. The molecule has 0 heterocycles. The van der Waals surface area contributed by atoms with Crippen molar-refractivity contribution in [3.05, 3.63) is 24.9 Å². The quantitative estimate of drug-likeness (QED) is 0.496. The fourth-order valence-corrected chi connectivity index (χ4v) is 2.64. The minimum atomic E-state index is 0.330. The molecule has 0 radical (unpaired) electrons. The van der Waals surface area contributed by atoms with Gasteiger partial charge in [-0.1, -0.05) is 60.3 Å². The standard InChI is InChI=1S/C17H33N/c1-8-13-14-15(9-2)18(12-5)16(10-3)17(6,7)11-4/h12-16H,5,8-11H2,1-4,6-7H3/b14-13-. The largest absolute Gasteiger partial charge is 0.368 e. The Morgan fingerprint density at radius 2 is 1.72 bits per heavy atom. The smallest absolute Gasteiger partial charge is 0.0468 e. The van der Waals surface area contributed by atoms with Crippen LogP contribution in [0, 0.1) is 5.41 Å². The maximum Gasteiger partial charge on any atom is 0.0468 e. The van der Waals surface area contributed by atoms with Crippen LogP contribution in [0.25, 0.3) is 0 Å². The first-order valence-electron chi connectivity index (χ1n) is 7.54. The van der Waals surface area contributed by atoms with Gasteiger partial charge in [-0.3, -0.25) is 0 Å². The van der Waals surface area contributed by atoms with Crippen molar-refractivity contribution in [3.8, 4) is 0 Å². The van der Waals surface area contributed by atoms with Gasteiger partial charge in [-0.15, -0.1) is 0 Å². The van der Waals surface area contributed by atoms with Crippen LogP contribution in [-0.2, 0) is 0 Å². The summed E-state index contributed by atoms with van der Waals surface area (Å²) in [5, 5.41) is 0. The summed E-state index contributed by atoms with van der Waals surface area (Å²) in [4.78, 5) is 2.47. The maximum absolute atomic E-state index is 4.05. The molecule has 0 saturated heterocycles. The lowest BCUT2D eigenvalue weighted by Gasteiger charge is -2.44. The van der Waals surface area contributed by atoms with Crippen LogP contribution in [0.3, 0.4) is 0 Å². The van der Waals surface area contributed by atoms with Crippen molar-refractivity contribution in [1.29, 1.82) is 0 Å². The van der Waals surface area contributed by atoms with Crippen LogP contribution in [0.5, 0.6) is 0 Å². The number of hydrogen-bond donors (Lipinski definition) is 0. The van der Waals surface area contributed by atoms with Crippen molar-refractivity contribution in [2.24, 2.45) is 5.41 Å². The Morgan fingerprint density at radius 3 is 2.06 bits per heavy atom. The topological polar surface area (TPSA) is 3.24 Å². The van der Waals surface area contributed by atoms with Gasteiger partial charge >= 0.3 is 0 Å². The third-order valence-electron chi connectivity index (χ3n) is 4.17. The summed E-state index contributed by atoms with van der Waals surface area (Å²) in [6, 6.07) is 1.05. The molecule has 0 aromatic rings. The molecule has 1 nitrogen and oxygen atoms in total. The van der Waals surface area contributed by atoms with Crippen LogP contribution in [0.2, 0.25) is 0 Å². The first kappa shape index (κ1) is 17.3. The van der Waals surface area contributed by atoms with E-state index in [9.17, 15) is 0 Å². The first-order chi connectivity index (χ1) is 8.48. The van der Waals surface area contributed by atoms with Gasteiger partial charge in [-0.25, -0.2) is 0 Å². The molecule has 106 valence electrons. The molecule has 1 heteroatoms. The maximum atomic E-state index is 4.05. The summed E-state index contributed by atoms with van der Waals surface area (Å²) >= 11 is 0. The third-order valence-corrected chi connectivity index (χ3v) is 4.17. The molecule has 0 aromatic heterocycles. The lowest BCUT2D eigenvalue weighted by atomic mass is 9.79. The van der Waals surface area contributed by atoms with Gasteiger partial charge in [-0.05, 0) is 37.3 Å². The number of rotatable bonds is 9. The van der Waals surface area contributed by atoms with Crippen molar-refractivity contribution < 1.29 is 0 Å². The second-order valence-electron chi connectivity index (χ2n) is 5.71. The van der Waals surface area contributed by atoms with E-state index in [1.165, 1.54) is 12.8 Å². The molecule has 0 aromatic carbocycles. The van der Waals surface area contributed by atoms with Gasteiger partial charge in [0.15, 0.2) is 0 Å². The van der Waals surface area contributed by atoms with Crippen LogP contribution in [0.1, 0.15) is 67.2 Å². The van der Waals surface area contributed by atoms with Gasteiger partial charge in [0.05, 0.1) is 0 Å². The molecule has 0 rings (SSSR count). The Hall–Kier alpha value is -0.720. The number of allylic oxidation sites excluding steroid dienone is 1. The normalized spacial score (nSPS) is 15.7. The lowest BCUT2D eigenvalue weighted by Crippen LogP contribution is -2.46. The average molecular weight is 251 g/mol. The highest BCUT2D eigenvalue weighted by molar-refractivity contribution is 5.01. The van der Waals surface area contributed by atoms with E-state index in [2.05, 4.69) is 65.2 Å². The molecule has 0 spiro atoms. The van der Waals surface area contributed by atoms with Gasteiger partial charge < -0.3 is 4.90 Å². The number of hydrogen-bond acceptors (Lipinski definition) is 1. The van der Waals surface area contributed by atoms with E-state index in [1.807, 2.05) is 6.20 Å². The van der Waals surface area contributed by atoms with Gasteiger partial charge in [0, 0.05) is 12.1 Å². The van der Waals surface area contributed by atoms with Crippen molar-refractivity contribution in [3.63, 3.8) is 0 Å². The van der Waals surface area contributed by atoms with E-state index in [4.69, 9.17) is 0 Å². The van der Waals surface area contributed by atoms with Crippen molar-refractivity contribution >= 4 is 0 Å². The molecule has 0 N–H and O–H groups in total. The molecule has 2 unspecified atom stereocenters. The Kier molecular flexibility index (Phi) is 8.06. The average Bonchev–Trinajstić information content (AvgIpc) is 2.37. The van der Waals surface area contributed by atoms with Crippen molar-refractivity contribution in [1.82, 2.24) is 4.90 Å². The van der Waals surface area contributed by atoms with Crippen LogP contribution < -0.4 is 0 Å². The predicted octanol–water partition coefficient (Wildman–Crippen LogP) is 5.39. The second-order valence-corrected chi connectivity index (χ2v) is 5.71. The summed E-state index contributed by atoms with van der Waals surface area (Å²) in [6.45, 7) is 17.8. The molecule has 0 aliphatic carbocycles. The fourth-order valence-electron chi connectivity index (χ4n) is 2.64. The summed E-state index contributed by atoms with van der Waals surface area (Å²) < 4.78 is 0. The molecule has 18 heavy (non-hydrogen) atoms. The zero-order valence-electron chi connectivity index (χ0n) is 13.4. The minimum Gasteiger partial charge on any atom is -0.368 e. The second kappa shape index (κ2) is 8.39. The van der Waals surface area contributed by atoms with Gasteiger partial charge in [0.1, 0.15) is 0 Å². The van der Waals surface area contributed by atoms with Crippen molar-refractivity contribution in [2.75, 3.05) is 0 Å². The SMILES string of the molecule is C=CN(C(/C=C\CC)CC)C(CC)C(C)(C)CC. The molecular formula is C17H33N. The van der Waals surface area contributed by atoms with Crippen LogP contribution >= 0.6 is 0 Å². The summed E-state index contributed by atoms with van der Waals surface area (Å²) in [5.41, 5.74) is 0.330. The zero-order valence-corrected chi connectivity index (χ0v) is 13.4. The summed E-state index contributed by atoms with van der Waals surface area (Å²) in [5.74, 6) is 0. The van der Waals surface area contributed by atoms with Gasteiger partial charge in [0.25, 0.3) is 0 Å². The van der Waals surface area contributed by atoms with E-state index in [0.29, 0.717) is 17.5 Å². The molecule has 0 saturated carbocycles. The molecule has 0 aliphatic heterocycles. The molecular weight excluding hydrogens is 218 g/mol. The molecule has 0 amide bonds. The Balaban J connectivity index is 5.11. The zero-order chi connectivity index (χ0) is 14.2. The van der Waals surface area contributed by atoms with Crippen molar-refractivity contribution in [2.45, 2.75) is 79.3 Å². The highest BCUT2D eigenvalue weighted by atomic mass is 15.2. The fraction of sp³-hybridized carbons (Fsp3) is 0.765. The molecule has 0 fully saturated rings. The van der Waals surface area contributed by atoms with E-state index in [1.54, 1.807) is 0 Å². The monoisotopic (exact) mass is 251 g/mol. The molecule has 0 bridgehead atoms. The highest BCUT2D eigenvalue weighted by Gasteiger charge is 2.32. The molecule has 0 aliphatic rings. The Labute approximate surface area is 115 Å². The molecule has 2 atom stereocenters. The minimum absolute atomic E-state index is 0.330.